The fourth-order valence-corrected chi connectivity index (χ4v) is 2.06. The molecule has 2 aromatic rings. The van der Waals surface area contributed by atoms with Crippen molar-refractivity contribution in [1.29, 1.82) is 0 Å². The van der Waals surface area contributed by atoms with Gasteiger partial charge < -0.3 is 10.2 Å². The van der Waals surface area contributed by atoms with Crippen molar-refractivity contribution in [3.8, 4) is 0 Å². The minimum absolute atomic E-state index is 0.529. The monoisotopic (exact) mass is 388 g/mol. The standard InChI is InChI=1S/C17H17BrN4O2/c1-22(2)15-9-3-12(4-10-15)11-19-21-17(24)16(23)20-14-7-5-13(18)6-8-14/h3-11H,1-2H3,(H,20,23)(H,21,24). The van der Waals surface area contributed by atoms with Crippen LogP contribution in [0.2, 0.25) is 0 Å². The Labute approximate surface area is 148 Å². The summed E-state index contributed by atoms with van der Waals surface area (Å²) in [4.78, 5) is 25.4. The molecule has 2 N–H and O–H groups in total. The molecular formula is C17H17BrN4O2. The van der Waals surface area contributed by atoms with E-state index in [1.807, 2.05) is 43.3 Å². The van der Waals surface area contributed by atoms with Crippen LogP contribution in [0.3, 0.4) is 0 Å². The molecule has 2 rings (SSSR count). The van der Waals surface area contributed by atoms with Gasteiger partial charge in [-0.3, -0.25) is 9.59 Å². The number of hydrogen-bond donors (Lipinski definition) is 2. The second-order valence-electron chi connectivity index (χ2n) is 5.15. The predicted molar refractivity (Wildman–Crippen MR) is 99.3 cm³/mol. The van der Waals surface area contributed by atoms with Crippen molar-refractivity contribution in [2.45, 2.75) is 0 Å². The van der Waals surface area contributed by atoms with Gasteiger partial charge in [-0.15, -0.1) is 0 Å². The lowest BCUT2D eigenvalue weighted by Crippen LogP contribution is -2.32. The number of hydrazone groups is 1. The second kappa shape index (κ2) is 8.26. The number of benzene rings is 2. The number of anilines is 2. The lowest BCUT2D eigenvalue weighted by molar-refractivity contribution is -0.136. The molecule has 0 saturated carbocycles. The maximum absolute atomic E-state index is 11.7. The van der Waals surface area contributed by atoms with Gasteiger partial charge in [-0.1, -0.05) is 28.1 Å². The second-order valence-corrected chi connectivity index (χ2v) is 6.06. The van der Waals surface area contributed by atoms with Gasteiger partial charge in [-0.25, -0.2) is 5.43 Å². The highest BCUT2D eigenvalue weighted by Gasteiger charge is 2.12. The minimum atomic E-state index is -0.834. The molecule has 0 aromatic heterocycles. The van der Waals surface area contributed by atoms with E-state index in [0.717, 1.165) is 15.7 Å². The minimum Gasteiger partial charge on any atom is -0.378 e. The zero-order chi connectivity index (χ0) is 17.5. The highest BCUT2D eigenvalue weighted by Crippen LogP contribution is 2.14. The third-order valence-corrected chi connectivity index (χ3v) is 3.63. The Kier molecular flexibility index (Phi) is 6.08. The molecule has 7 heteroatoms. The first kappa shape index (κ1) is 17.7. The molecule has 0 saturated heterocycles. The normalized spacial score (nSPS) is 10.5. The average molecular weight is 389 g/mol. The van der Waals surface area contributed by atoms with Gasteiger partial charge in [0.15, 0.2) is 0 Å². The third kappa shape index (κ3) is 5.20. The van der Waals surface area contributed by atoms with E-state index in [9.17, 15) is 9.59 Å². The summed E-state index contributed by atoms with van der Waals surface area (Å²) in [7, 11) is 3.90. The van der Waals surface area contributed by atoms with Crippen LogP contribution in [0.5, 0.6) is 0 Å². The van der Waals surface area contributed by atoms with E-state index >= 15 is 0 Å². The van der Waals surface area contributed by atoms with E-state index in [2.05, 4.69) is 31.8 Å². The third-order valence-electron chi connectivity index (χ3n) is 3.10. The summed E-state index contributed by atoms with van der Waals surface area (Å²) in [5.74, 6) is -1.61. The fourth-order valence-electron chi connectivity index (χ4n) is 1.80. The molecular weight excluding hydrogens is 372 g/mol. The van der Waals surface area contributed by atoms with Crippen LogP contribution in [0.4, 0.5) is 11.4 Å². The molecule has 0 atom stereocenters. The first-order chi connectivity index (χ1) is 11.5. The van der Waals surface area contributed by atoms with E-state index in [-0.39, 0.29) is 0 Å². The summed E-state index contributed by atoms with van der Waals surface area (Å²) >= 11 is 3.30. The van der Waals surface area contributed by atoms with Gasteiger partial charge in [0.2, 0.25) is 0 Å². The highest BCUT2D eigenvalue weighted by atomic mass is 79.9. The molecule has 0 aliphatic carbocycles. The van der Waals surface area contributed by atoms with Crippen molar-refractivity contribution < 1.29 is 9.59 Å². The molecule has 0 radical (unpaired) electrons. The summed E-state index contributed by atoms with van der Waals surface area (Å²) in [5, 5.41) is 6.27. The summed E-state index contributed by atoms with van der Waals surface area (Å²) in [6, 6.07) is 14.5. The van der Waals surface area contributed by atoms with Gasteiger partial charge in [0.05, 0.1) is 6.21 Å². The Hall–Kier alpha value is -2.67. The topological polar surface area (TPSA) is 73.8 Å². The van der Waals surface area contributed by atoms with E-state index in [4.69, 9.17) is 0 Å². The van der Waals surface area contributed by atoms with Gasteiger partial charge in [0.1, 0.15) is 0 Å². The van der Waals surface area contributed by atoms with Crippen molar-refractivity contribution in [3.05, 3.63) is 58.6 Å². The van der Waals surface area contributed by atoms with Gasteiger partial charge in [-0.05, 0) is 42.0 Å². The number of hydrogen-bond acceptors (Lipinski definition) is 4. The van der Waals surface area contributed by atoms with Crippen LogP contribution >= 0.6 is 15.9 Å². The fraction of sp³-hybridized carbons (Fsp3) is 0.118. The molecule has 0 unspecified atom stereocenters. The zero-order valence-corrected chi connectivity index (χ0v) is 14.9. The van der Waals surface area contributed by atoms with E-state index < -0.39 is 11.8 Å². The van der Waals surface area contributed by atoms with E-state index in [1.165, 1.54) is 6.21 Å². The molecule has 2 amide bonds. The quantitative estimate of drug-likeness (QED) is 0.480. The number of nitrogens with one attached hydrogen (secondary N) is 2. The molecule has 2 aromatic carbocycles. The van der Waals surface area contributed by atoms with Crippen LogP contribution in [-0.4, -0.2) is 32.1 Å². The molecule has 124 valence electrons. The average Bonchev–Trinajstić information content (AvgIpc) is 2.57. The summed E-state index contributed by atoms with van der Waals surface area (Å²) < 4.78 is 0.884. The molecule has 24 heavy (non-hydrogen) atoms. The maximum Gasteiger partial charge on any atom is 0.329 e. The summed E-state index contributed by atoms with van der Waals surface area (Å²) in [6.07, 6.45) is 1.48. The maximum atomic E-state index is 11.7. The van der Waals surface area contributed by atoms with Crippen molar-refractivity contribution in [1.82, 2.24) is 5.43 Å². The summed E-state index contributed by atoms with van der Waals surface area (Å²) in [5.41, 5.74) is 4.60. The lowest BCUT2D eigenvalue weighted by Gasteiger charge is -2.11. The molecule has 0 aliphatic heterocycles. The first-order valence-electron chi connectivity index (χ1n) is 7.13. The van der Waals surface area contributed by atoms with Gasteiger partial charge in [0, 0.05) is 29.9 Å². The van der Waals surface area contributed by atoms with Crippen molar-refractivity contribution >= 4 is 45.3 Å². The highest BCUT2D eigenvalue weighted by molar-refractivity contribution is 9.10. The smallest absolute Gasteiger partial charge is 0.329 e. The van der Waals surface area contributed by atoms with Crippen molar-refractivity contribution in [2.24, 2.45) is 5.10 Å². The van der Waals surface area contributed by atoms with E-state index in [0.29, 0.717) is 5.69 Å². The Balaban J connectivity index is 1.87. The van der Waals surface area contributed by atoms with Gasteiger partial charge in [-0.2, -0.15) is 5.10 Å². The first-order valence-corrected chi connectivity index (χ1v) is 7.92. The number of carbonyl (C=O) groups excluding carboxylic acids is 2. The van der Waals surface area contributed by atoms with Crippen LogP contribution in [0, 0.1) is 0 Å². The van der Waals surface area contributed by atoms with E-state index in [1.54, 1.807) is 24.3 Å². The number of carbonyl (C=O) groups is 2. The van der Waals surface area contributed by atoms with Gasteiger partial charge in [0.25, 0.3) is 0 Å². The Morgan fingerprint density at radius 3 is 2.21 bits per heavy atom. The van der Waals surface area contributed by atoms with Crippen LogP contribution in [0.1, 0.15) is 5.56 Å². The predicted octanol–water partition coefficient (Wildman–Crippen LogP) is 2.60. The Morgan fingerprint density at radius 1 is 1.00 bits per heavy atom. The van der Waals surface area contributed by atoms with Crippen LogP contribution in [0.25, 0.3) is 0 Å². The summed E-state index contributed by atoms with van der Waals surface area (Å²) in [6.45, 7) is 0. The van der Waals surface area contributed by atoms with Crippen LogP contribution < -0.4 is 15.6 Å². The molecule has 0 spiro atoms. The number of amides is 2. The van der Waals surface area contributed by atoms with Crippen molar-refractivity contribution in [3.63, 3.8) is 0 Å². The van der Waals surface area contributed by atoms with Gasteiger partial charge >= 0.3 is 11.8 Å². The van der Waals surface area contributed by atoms with Crippen LogP contribution in [0.15, 0.2) is 58.1 Å². The Morgan fingerprint density at radius 2 is 1.62 bits per heavy atom. The van der Waals surface area contributed by atoms with Crippen LogP contribution in [-0.2, 0) is 9.59 Å². The SMILES string of the molecule is CN(C)c1ccc(C=NNC(=O)C(=O)Nc2ccc(Br)cc2)cc1. The molecule has 0 fully saturated rings. The Bertz CT molecular complexity index is 740. The molecule has 0 heterocycles. The number of rotatable bonds is 4. The largest absolute Gasteiger partial charge is 0.378 e. The zero-order valence-electron chi connectivity index (χ0n) is 13.3. The molecule has 6 nitrogen and oxygen atoms in total. The van der Waals surface area contributed by atoms with Crippen molar-refractivity contribution in [2.75, 3.05) is 24.3 Å². The number of nitrogens with zero attached hydrogens (tertiary/aromatic N) is 2. The lowest BCUT2D eigenvalue weighted by atomic mass is 10.2. The molecule has 0 aliphatic rings. The molecule has 0 bridgehead atoms. The number of halogens is 1.